The van der Waals surface area contributed by atoms with E-state index in [4.69, 9.17) is 39.5 Å². The third-order valence-electron chi connectivity index (χ3n) is 6.10. The minimum absolute atomic E-state index is 0.0738. The van der Waals surface area contributed by atoms with Gasteiger partial charge in [-0.3, -0.25) is 9.59 Å². The van der Waals surface area contributed by atoms with Crippen molar-refractivity contribution in [2.75, 3.05) is 18.1 Å². The second-order valence-electron chi connectivity index (χ2n) is 8.63. The summed E-state index contributed by atoms with van der Waals surface area (Å²) in [6.07, 6.45) is -0.171. The molecule has 3 aromatic carbocycles. The van der Waals surface area contributed by atoms with Crippen molar-refractivity contribution in [2.45, 2.75) is 30.7 Å². The topological polar surface area (TPSA) is 101 Å². The number of esters is 1. The van der Waals surface area contributed by atoms with Crippen LogP contribution in [-0.4, -0.2) is 49.7 Å². The van der Waals surface area contributed by atoms with Crippen molar-refractivity contribution in [1.29, 1.82) is 0 Å². The van der Waals surface area contributed by atoms with Gasteiger partial charge in [0.25, 0.3) is 5.91 Å². The molecule has 0 bridgehead atoms. The first-order valence-corrected chi connectivity index (χ1v) is 14.5. The summed E-state index contributed by atoms with van der Waals surface area (Å²) in [5, 5.41) is 0.546. The van der Waals surface area contributed by atoms with Crippen molar-refractivity contribution in [1.82, 2.24) is 4.31 Å². The Morgan fingerprint density at radius 1 is 1.00 bits per heavy atom. The minimum atomic E-state index is -4.38. The van der Waals surface area contributed by atoms with Crippen LogP contribution in [0, 0.1) is 0 Å². The molecule has 1 unspecified atom stereocenters. The number of rotatable bonds is 9. The predicted octanol–water partition coefficient (Wildman–Crippen LogP) is 5.39. The summed E-state index contributed by atoms with van der Waals surface area (Å²) in [4.78, 5) is 39.3. The number of sulfonamides is 1. The van der Waals surface area contributed by atoms with Crippen molar-refractivity contribution < 1.29 is 27.5 Å². The van der Waals surface area contributed by atoms with E-state index in [0.717, 1.165) is 14.8 Å². The van der Waals surface area contributed by atoms with E-state index in [-0.39, 0.29) is 52.2 Å². The molecule has 3 aromatic rings. The first kappa shape index (κ1) is 29.0. The SMILES string of the molecule is CCOC(=O)c1ccc(N2C(=O)CC(N(CCc3cccc(Cl)c3)S(=O)(=O)c3cc(Cl)ccc3Cl)C2=O)cc1. The summed E-state index contributed by atoms with van der Waals surface area (Å²) in [6, 6.07) is 15.3. The second-order valence-corrected chi connectivity index (χ2v) is 11.8. The van der Waals surface area contributed by atoms with Gasteiger partial charge in [-0.2, -0.15) is 4.31 Å². The maximum Gasteiger partial charge on any atom is 0.338 e. The Labute approximate surface area is 241 Å². The van der Waals surface area contributed by atoms with E-state index in [1.165, 1.54) is 42.5 Å². The number of hydrogen-bond acceptors (Lipinski definition) is 6. The molecule has 0 N–H and O–H groups in total. The Morgan fingerprint density at radius 3 is 2.36 bits per heavy atom. The van der Waals surface area contributed by atoms with Gasteiger partial charge < -0.3 is 4.74 Å². The standard InChI is InChI=1S/C27H23Cl3N2O6S/c1-2-38-27(35)18-6-9-21(10-7-18)32-25(33)16-23(26(32)34)31(13-12-17-4-3-5-19(28)14-17)39(36,37)24-15-20(29)8-11-22(24)30/h3-11,14-15,23H,2,12-13,16H2,1H3. The lowest BCUT2D eigenvalue weighted by atomic mass is 10.1. The fraction of sp³-hybridized carbons (Fsp3) is 0.222. The van der Waals surface area contributed by atoms with Gasteiger partial charge in [-0.05, 0) is 73.5 Å². The van der Waals surface area contributed by atoms with Gasteiger partial charge in [-0.1, -0.05) is 46.9 Å². The first-order valence-electron chi connectivity index (χ1n) is 11.9. The number of carbonyl (C=O) groups is 3. The van der Waals surface area contributed by atoms with Crippen LogP contribution in [0.3, 0.4) is 0 Å². The lowest BCUT2D eigenvalue weighted by Gasteiger charge is -2.27. The lowest BCUT2D eigenvalue weighted by Crippen LogP contribution is -2.46. The van der Waals surface area contributed by atoms with Gasteiger partial charge in [0.1, 0.15) is 10.9 Å². The van der Waals surface area contributed by atoms with Gasteiger partial charge in [-0.15, -0.1) is 0 Å². The van der Waals surface area contributed by atoms with Gasteiger partial charge in [0.2, 0.25) is 15.9 Å². The summed E-state index contributed by atoms with van der Waals surface area (Å²) >= 11 is 18.4. The molecule has 1 atom stereocenters. The molecule has 39 heavy (non-hydrogen) atoms. The van der Waals surface area contributed by atoms with Crippen LogP contribution >= 0.6 is 34.8 Å². The summed E-state index contributed by atoms with van der Waals surface area (Å²) in [7, 11) is -4.38. The third kappa shape index (κ3) is 6.28. The predicted molar refractivity (Wildman–Crippen MR) is 149 cm³/mol. The number of benzene rings is 3. The minimum Gasteiger partial charge on any atom is -0.462 e. The Morgan fingerprint density at radius 2 is 1.69 bits per heavy atom. The molecule has 4 rings (SSSR count). The van der Waals surface area contributed by atoms with Gasteiger partial charge in [0.15, 0.2) is 0 Å². The maximum absolute atomic E-state index is 13.9. The van der Waals surface area contributed by atoms with E-state index in [1.807, 2.05) is 0 Å². The number of amides is 2. The van der Waals surface area contributed by atoms with E-state index in [2.05, 4.69) is 0 Å². The largest absolute Gasteiger partial charge is 0.462 e. The van der Waals surface area contributed by atoms with E-state index < -0.39 is 33.8 Å². The van der Waals surface area contributed by atoms with Crippen LogP contribution in [0.15, 0.2) is 71.6 Å². The normalized spacial score (nSPS) is 15.7. The fourth-order valence-corrected chi connectivity index (χ4v) is 6.78. The molecule has 204 valence electrons. The Bertz CT molecular complexity index is 1530. The lowest BCUT2D eigenvalue weighted by molar-refractivity contribution is -0.122. The van der Waals surface area contributed by atoms with E-state index in [0.29, 0.717) is 5.02 Å². The number of nitrogens with zero attached hydrogens (tertiary/aromatic N) is 2. The zero-order valence-corrected chi connectivity index (χ0v) is 23.7. The van der Waals surface area contributed by atoms with E-state index >= 15 is 0 Å². The molecule has 0 aromatic heterocycles. The summed E-state index contributed by atoms with van der Waals surface area (Å²) < 4.78 is 33.7. The molecule has 1 fully saturated rings. The van der Waals surface area contributed by atoms with E-state index in [1.54, 1.807) is 31.2 Å². The highest BCUT2D eigenvalue weighted by Gasteiger charge is 2.47. The molecule has 12 heteroatoms. The molecule has 8 nitrogen and oxygen atoms in total. The van der Waals surface area contributed by atoms with Crippen LogP contribution in [0.4, 0.5) is 5.69 Å². The number of imide groups is 1. The summed E-state index contributed by atoms with van der Waals surface area (Å²) in [5.41, 5.74) is 1.19. The van der Waals surface area contributed by atoms with Crippen LogP contribution < -0.4 is 4.90 Å². The zero-order valence-electron chi connectivity index (χ0n) is 20.6. The zero-order chi connectivity index (χ0) is 28.3. The highest BCUT2D eigenvalue weighted by Crippen LogP contribution is 2.33. The number of anilines is 1. The highest BCUT2D eigenvalue weighted by atomic mass is 35.5. The molecular weight excluding hydrogens is 587 g/mol. The quantitative estimate of drug-likeness (QED) is 0.238. The van der Waals surface area contributed by atoms with Crippen LogP contribution in [-0.2, 0) is 30.8 Å². The van der Waals surface area contributed by atoms with E-state index in [9.17, 15) is 22.8 Å². The average molecular weight is 610 g/mol. The highest BCUT2D eigenvalue weighted by molar-refractivity contribution is 7.89. The molecule has 0 spiro atoms. The Balaban J connectivity index is 1.69. The van der Waals surface area contributed by atoms with Crippen LogP contribution in [0.1, 0.15) is 29.3 Å². The van der Waals surface area contributed by atoms with Crippen molar-refractivity contribution in [3.63, 3.8) is 0 Å². The average Bonchev–Trinajstić information content (AvgIpc) is 3.18. The summed E-state index contributed by atoms with van der Waals surface area (Å²) in [6.45, 7) is 1.74. The van der Waals surface area contributed by atoms with Crippen LogP contribution in [0.25, 0.3) is 0 Å². The fourth-order valence-electron chi connectivity index (χ4n) is 4.25. The second kappa shape index (κ2) is 12.1. The molecular formula is C27H23Cl3N2O6S. The molecule has 1 saturated heterocycles. The van der Waals surface area contributed by atoms with Crippen molar-refractivity contribution >= 4 is 68.3 Å². The molecule has 1 aliphatic rings. The Kier molecular flexibility index (Phi) is 8.98. The molecule has 2 amide bonds. The third-order valence-corrected chi connectivity index (χ3v) is 8.96. The van der Waals surface area contributed by atoms with Crippen LogP contribution in [0.5, 0.6) is 0 Å². The maximum atomic E-state index is 13.9. The molecule has 0 saturated carbocycles. The molecule has 0 radical (unpaired) electrons. The van der Waals surface area contributed by atoms with Gasteiger partial charge in [0.05, 0.1) is 29.3 Å². The summed E-state index contributed by atoms with van der Waals surface area (Å²) in [5.74, 6) is -1.86. The first-order chi connectivity index (χ1) is 18.5. The molecule has 0 aliphatic carbocycles. The number of halogens is 3. The monoisotopic (exact) mass is 608 g/mol. The Hall–Kier alpha value is -2.95. The van der Waals surface area contributed by atoms with Gasteiger partial charge in [-0.25, -0.2) is 18.1 Å². The molecule has 1 aliphatic heterocycles. The van der Waals surface area contributed by atoms with Gasteiger partial charge >= 0.3 is 5.97 Å². The molecule has 1 heterocycles. The van der Waals surface area contributed by atoms with Crippen molar-refractivity contribution in [2.24, 2.45) is 0 Å². The number of ether oxygens (including phenoxy) is 1. The van der Waals surface area contributed by atoms with Crippen molar-refractivity contribution in [3.8, 4) is 0 Å². The van der Waals surface area contributed by atoms with Crippen molar-refractivity contribution in [3.05, 3.63) is 92.9 Å². The number of hydrogen-bond donors (Lipinski definition) is 0. The van der Waals surface area contributed by atoms with Crippen LogP contribution in [0.2, 0.25) is 15.1 Å². The smallest absolute Gasteiger partial charge is 0.338 e. The van der Waals surface area contributed by atoms with Gasteiger partial charge in [0, 0.05) is 16.6 Å². The number of carbonyl (C=O) groups excluding carboxylic acids is 3.